The summed E-state index contributed by atoms with van der Waals surface area (Å²) < 4.78 is 5.61. The van der Waals surface area contributed by atoms with Gasteiger partial charge in [-0.1, -0.05) is 23.2 Å². The first-order valence-electron chi connectivity index (χ1n) is 10.5. The van der Waals surface area contributed by atoms with Gasteiger partial charge in [0.2, 0.25) is 5.91 Å². The number of ketones is 1. The van der Waals surface area contributed by atoms with Gasteiger partial charge in [-0.05, 0) is 62.4 Å². The molecule has 2 aromatic carbocycles. The number of furan rings is 1. The molecule has 10 heteroatoms. The van der Waals surface area contributed by atoms with Gasteiger partial charge in [0.15, 0.2) is 17.0 Å². The van der Waals surface area contributed by atoms with Crippen molar-refractivity contribution in [2.24, 2.45) is 0 Å². The first-order chi connectivity index (χ1) is 16.6. The normalized spacial score (nSPS) is 11.8. The smallest absolute Gasteiger partial charge is 0.287 e. The molecule has 0 bridgehead atoms. The summed E-state index contributed by atoms with van der Waals surface area (Å²) in [4.78, 5) is 52.3. The van der Waals surface area contributed by atoms with E-state index < -0.39 is 23.3 Å². The number of hydrogen-bond acceptors (Lipinski definition) is 5. The Balaban J connectivity index is 1.46. The molecule has 4 rings (SSSR count). The predicted octanol–water partition coefficient (Wildman–Crippen LogP) is 5.05. The number of anilines is 1. The van der Waals surface area contributed by atoms with Crippen LogP contribution in [0.2, 0.25) is 10.0 Å². The van der Waals surface area contributed by atoms with E-state index in [2.05, 4.69) is 15.6 Å². The summed E-state index contributed by atoms with van der Waals surface area (Å²) in [6.07, 6.45) is 1.36. The van der Waals surface area contributed by atoms with Crippen LogP contribution in [0.15, 0.2) is 63.9 Å². The lowest BCUT2D eigenvalue weighted by Crippen LogP contribution is -2.41. The zero-order chi connectivity index (χ0) is 25.3. The molecule has 0 radical (unpaired) electrons. The standard InChI is InChI=1S/C25H19Cl2N3O5/c1-12(29-25(34)22-8-7-21(35-22)16-5-3-14(26)9-19(16)27)24(33)30-15-4-6-20-17(10-15)23(32)18(11-28-20)13(2)31/h3-12H,1-2H3,(H,28,32)(H,29,34)(H,30,33)/t12-/m0/s1. The van der Waals surface area contributed by atoms with E-state index in [4.69, 9.17) is 27.6 Å². The topological polar surface area (TPSA) is 121 Å². The Labute approximate surface area is 209 Å². The Hall–Kier alpha value is -3.88. The van der Waals surface area contributed by atoms with E-state index in [1.807, 2.05) is 0 Å². The van der Waals surface area contributed by atoms with Gasteiger partial charge >= 0.3 is 0 Å². The van der Waals surface area contributed by atoms with Gasteiger partial charge in [-0.3, -0.25) is 19.2 Å². The van der Waals surface area contributed by atoms with E-state index in [0.29, 0.717) is 32.6 Å². The number of H-pyrrole nitrogens is 1. The molecule has 0 unspecified atom stereocenters. The number of rotatable bonds is 6. The second-order valence-corrected chi connectivity index (χ2v) is 8.66. The fraction of sp³-hybridized carbons (Fsp3) is 0.120. The Kier molecular flexibility index (Phi) is 6.77. The molecule has 0 aliphatic rings. The third-order valence-electron chi connectivity index (χ3n) is 5.29. The zero-order valence-electron chi connectivity index (χ0n) is 18.6. The Morgan fingerprint density at radius 1 is 1.03 bits per heavy atom. The Morgan fingerprint density at radius 3 is 2.51 bits per heavy atom. The molecule has 2 aromatic heterocycles. The van der Waals surface area contributed by atoms with Crippen LogP contribution in [0.5, 0.6) is 0 Å². The van der Waals surface area contributed by atoms with Crippen molar-refractivity contribution in [3.63, 3.8) is 0 Å². The maximum Gasteiger partial charge on any atom is 0.287 e. The van der Waals surface area contributed by atoms with E-state index in [1.54, 1.807) is 36.4 Å². The summed E-state index contributed by atoms with van der Waals surface area (Å²) in [7, 11) is 0. The molecule has 2 heterocycles. The Bertz CT molecular complexity index is 1540. The number of carbonyl (C=O) groups is 3. The Morgan fingerprint density at radius 2 is 1.80 bits per heavy atom. The third kappa shape index (κ3) is 5.13. The summed E-state index contributed by atoms with van der Waals surface area (Å²) in [6.45, 7) is 2.81. The second kappa shape index (κ2) is 9.77. The van der Waals surface area contributed by atoms with Gasteiger partial charge in [0.25, 0.3) is 5.91 Å². The van der Waals surface area contributed by atoms with Crippen LogP contribution in [0.3, 0.4) is 0 Å². The summed E-state index contributed by atoms with van der Waals surface area (Å²) in [5.41, 5.74) is 1.03. The van der Waals surface area contributed by atoms with Crippen LogP contribution in [0.25, 0.3) is 22.2 Å². The van der Waals surface area contributed by atoms with Gasteiger partial charge in [-0.2, -0.15) is 0 Å². The number of halogens is 2. The van der Waals surface area contributed by atoms with E-state index in [0.717, 1.165) is 0 Å². The van der Waals surface area contributed by atoms with Gasteiger partial charge < -0.3 is 20.0 Å². The third-order valence-corrected chi connectivity index (χ3v) is 5.84. The molecule has 0 spiro atoms. The van der Waals surface area contributed by atoms with Crippen molar-refractivity contribution in [2.75, 3.05) is 5.32 Å². The van der Waals surface area contributed by atoms with Crippen molar-refractivity contribution in [3.05, 3.63) is 86.3 Å². The van der Waals surface area contributed by atoms with Crippen molar-refractivity contribution in [2.45, 2.75) is 19.9 Å². The quantitative estimate of drug-likeness (QED) is 0.312. The van der Waals surface area contributed by atoms with Crippen LogP contribution >= 0.6 is 23.2 Å². The number of Topliss-reactive ketones (excluding diaryl/α,β-unsaturated/α-hetero) is 1. The van der Waals surface area contributed by atoms with Crippen molar-refractivity contribution < 1.29 is 18.8 Å². The number of aromatic nitrogens is 1. The number of pyridine rings is 1. The summed E-state index contributed by atoms with van der Waals surface area (Å²) in [5.74, 6) is -1.09. The van der Waals surface area contributed by atoms with Crippen molar-refractivity contribution >= 4 is 57.4 Å². The predicted molar refractivity (Wildman–Crippen MR) is 134 cm³/mol. The highest BCUT2D eigenvalue weighted by atomic mass is 35.5. The lowest BCUT2D eigenvalue weighted by Gasteiger charge is -2.14. The molecule has 178 valence electrons. The van der Waals surface area contributed by atoms with E-state index in [1.165, 1.54) is 32.2 Å². The van der Waals surface area contributed by atoms with E-state index >= 15 is 0 Å². The average Bonchev–Trinajstić information content (AvgIpc) is 3.29. The molecule has 35 heavy (non-hydrogen) atoms. The highest BCUT2D eigenvalue weighted by Crippen LogP contribution is 2.31. The van der Waals surface area contributed by atoms with Crippen LogP contribution in [0.1, 0.15) is 34.8 Å². The lowest BCUT2D eigenvalue weighted by atomic mass is 10.1. The van der Waals surface area contributed by atoms with Gasteiger partial charge in [0.1, 0.15) is 11.8 Å². The van der Waals surface area contributed by atoms with Crippen molar-refractivity contribution in [3.8, 4) is 11.3 Å². The molecule has 0 aliphatic heterocycles. The summed E-state index contributed by atoms with van der Waals surface area (Å²) >= 11 is 12.1. The minimum Gasteiger partial charge on any atom is -0.451 e. The van der Waals surface area contributed by atoms with Crippen molar-refractivity contribution in [1.82, 2.24) is 10.3 Å². The second-order valence-electron chi connectivity index (χ2n) is 7.82. The number of nitrogens with one attached hydrogen (secondary N) is 3. The highest BCUT2D eigenvalue weighted by Gasteiger charge is 2.20. The SMILES string of the molecule is CC(=O)c1c[nH]c2ccc(NC(=O)[C@H](C)NC(=O)c3ccc(-c4ccc(Cl)cc4Cl)o3)cc2c1=O. The molecule has 0 saturated heterocycles. The first kappa shape index (κ1) is 24.3. The molecule has 0 fully saturated rings. The minimum absolute atomic E-state index is 0.000308. The van der Waals surface area contributed by atoms with Crippen LogP contribution in [-0.2, 0) is 4.79 Å². The van der Waals surface area contributed by atoms with Gasteiger partial charge in [-0.25, -0.2) is 0 Å². The number of aromatic amines is 1. The summed E-state index contributed by atoms with van der Waals surface area (Å²) in [6, 6.07) is 11.7. The number of amides is 2. The average molecular weight is 512 g/mol. The molecule has 8 nitrogen and oxygen atoms in total. The maximum absolute atomic E-state index is 12.7. The monoisotopic (exact) mass is 511 g/mol. The van der Waals surface area contributed by atoms with Crippen LogP contribution in [0.4, 0.5) is 5.69 Å². The maximum atomic E-state index is 12.7. The molecule has 3 N–H and O–H groups in total. The fourth-order valence-electron chi connectivity index (χ4n) is 3.44. The summed E-state index contributed by atoms with van der Waals surface area (Å²) in [5, 5.41) is 6.33. The van der Waals surface area contributed by atoms with Crippen molar-refractivity contribution in [1.29, 1.82) is 0 Å². The molecular weight excluding hydrogens is 493 g/mol. The van der Waals surface area contributed by atoms with Gasteiger partial charge in [-0.15, -0.1) is 0 Å². The minimum atomic E-state index is -0.923. The van der Waals surface area contributed by atoms with Gasteiger partial charge in [0.05, 0.1) is 10.6 Å². The molecule has 0 saturated carbocycles. The number of fused-ring (bicyclic) bond motifs is 1. The highest BCUT2D eigenvalue weighted by molar-refractivity contribution is 6.36. The first-order valence-corrected chi connectivity index (χ1v) is 11.2. The van der Waals surface area contributed by atoms with Crippen LogP contribution in [-0.4, -0.2) is 28.6 Å². The largest absolute Gasteiger partial charge is 0.451 e. The fourth-order valence-corrected chi connectivity index (χ4v) is 3.94. The van der Waals surface area contributed by atoms with E-state index in [9.17, 15) is 19.2 Å². The molecule has 1 atom stereocenters. The number of carbonyl (C=O) groups excluding carboxylic acids is 3. The molecular formula is C25H19Cl2N3O5. The molecule has 4 aromatic rings. The van der Waals surface area contributed by atoms with Crippen LogP contribution < -0.4 is 16.1 Å². The zero-order valence-corrected chi connectivity index (χ0v) is 20.1. The number of benzene rings is 2. The molecule has 2 amide bonds. The number of hydrogen-bond donors (Lipinski definition) is 3. The van der Waals surface area contributed by atoms with Gasteiger partial charge in [0, 0.05) is 33.4 Å². The van der Waals surface area contributed by atoms with E-state index in [-0.39, 0.29) is 22.5 Å². The molecule has 0 aliphatic carbocycles. The lowest BCUT2D eigenvalue weighted by molar-refractivity contribution is -0.117. The van der Waals surface area contributed by atoms with Crippen LogP contribution in [0, 0.1) is 0 Å².